The minimum absolute atomic E-state index is 0.0386. The minimum Gasteiger partial charge on any atom is -0.239 e. The molecule has 0 radical (unpaired) electrons. The van der Waals surface area contributed by atoms with E-state index < -0.39 is 23.9 Å². The number of halogens is 6. The van der Waals surface area contributed by atoms with Crippen molar-refractivity contribution in [3.63, 3.8) is 0 Å². The lowest BCUT2D eigenvalue weighted by atomic mass is 10.1. The van der Waals surface area contributed by atoms with Crippen LogP contribution in [0.25, 0.3) is 0 Å². The van der Waals surface area contributed by atoms with Crippen molar-refractivity contribution in [1.82, 2.24) is 4.98 Å². The molecule has 0 aliphatic carbocycles. The summed E-state index contributed by atoms with van der Waals surface area (Å²) in [4.78, 5) is 3.15. The van der Waals surface area contributed by atoms with Gasteiger partial charge in [-0.3, -0.25) is 0 Å². The van der Waals surface area contributed by atoms with Crippen molar-refractivity contribution in [1.29, 1.82) is 0 Å². The number of hydrogen-bond donors (Lipinski definition) is 0. The maximum Gasteiger partial charge on any atom is 0.418 e. The van der Waals surface area contributed by atoms with E-state index in [4.69, 9.17) is 0 Å². The average molecular weight is 290 g/mol. The summed E-state index contributed by atoms with van der Waals surface area (Å²) in [6.45, 7) is 1.11. The molecule has 1 rings (SSSR count). The monoisotopic (exact) mass is 289 g/mol. The number of nitrogens with zero attached hydrogens (tertiary/aromatic N) is 1. The zero-order valence-electron chi connectivity index (χ0n) is 7.37. The lowest BCUT2D eigenvalue weighted by Gasteiger charge is -2.14. The SMILES string of the molecule is Cc1cc(Br)nc(C(F)F)c1C(F)(F)F. The Balaban J connectivity index is 3.48. The number of aryl methyl sites for hydroxylation is 1. The molecule has 0 atom stereocenters. The summed E-state index contributed by atoms with van der Waals surface area (Å²) in [5.41, 5.74) is -2.88. The van der Waals surface area contributed by atoms with Crippen molar-refractivity contribution in [3.05, 3.63) is 27.5 Å². The van der Waals surface area contributed by atoms with Crippen LogP contribution in [0.1, 0.15) is 23.2 Å². The van der Waals surface area contributed by atoms with Crippen LogP contribution in [-0.4, -0.2) is 4.98 Å². The Morgan fingerprint density at radius 1 is 1.33 bits per heavy atom. The fourth-order valence-corrected chi connectivity index (χ4v) is 1.72. The normalized spacial score (nSPS) is 12.3. The van der Waals surface area contributed by atoms with Crippen molar-refractivity contribution < 1.29 is 22.0 Å². The summed E-state index contributed by atoms with van der Waals surface area (Å²) < 4.78 is 61.9. The van der Waals surface area contributed by atoms with E-state index in [0.717, 1.165) is 13.0 Å². The number of rotatable bonds is 1. The molecule has 0 bridgehead atoms. The lowest BCUT2D eigenvalue weighted by molar-refractivity contribution is -0.140. The minimum atomic E-state index is -4.82. The summed E-state index contributed by atoms with van der Waals surface area (Å²) in [5.74, 6) is 0. The molecule has 0 aromatic carbocycles. The Bertz CT molecular complexity index is 374. The van der Waals surface area contributed by atoms with Gasteiger partial charge in [0.05, 0.1) is 5.56 Å². The summed E-state index contributed by atoms with van der Waals surface area (Å²) in [6.07, 6.45) is -8.07. The maximum absolute atomic E-state index is 12.4. The van der Waals surface area contributed by atoms with E-state index in [1.165, 1.54) is 0 Å². The summed E-state index contributed by atoms with van der Waals surface area (Å²) >= 11 is 2.77. The standard InChI is InChI=1S/C8H5BrF5N/c1-3-2-4(9)15-6(7(10)11)5(3)8(12,13)14/h2,7H,1H3. The molecule has 0 fully saturated rings. The van der Waals surface area contributed by atoms with Gasteiger partial charge < -0.3 is 0 Å². The molecule has 0 unspecified atom stereocenters. The molecular weight excluding hydrogens is 285 g/mol. The van der Waals surface area contributed by atoms with Gasteiger partial charge in [-0.05, 0) is 34.5 Å². The van der Waals surface area contributed by atoms with Gasteiger partial charge in [-0.2, -0.15) is 13.2 Å². The van der Waals surface area contributed by atoms with Crippen LogP contribution >= 0.6 is 15.9 Å². The van der Waals surface area contributed by atoms with E-state index in [0.29, 0.717) is 0 Å². The van der Waals surface area contributed by atoms with Crippen molar-refractivity contribution in [3.8, 4) is 0 Å². The van der Waals surface area contributed by atoms with E-state index in [-0.39, 0.29) is 10.2 Å². The first-order valence-electron chi connectivity index (χ1n) is 3.76. The average Bonchev–Trinajstić information content (AvgIpc) is 1.99. The fraction of sp³-hybridized carbons (Fsp3) is 0.375. The molecule has 7 heteroatoms. The molecule has 0 spiro atoms. The van der Waals surface area contributed by atoms with Gasteiger partial charge in [0.25, 0.3) is 6.43 Å². The zero-order chi connectivity index (χ0) is 11.8. The third kappa shape index (κ3) is 2.64. The van der Waals surface area contributed by atoms with E-state index in [1.54, 1.807) is 0 Å². The number of pyridine rings is 1. The molecule has 15 heavy (non-hydrogen) atoms. The number of aromatic nitrogens is 1. The van der Waals surface area contributed by atoms with Gasteiger partial charge in [0.1, 0.15) is 10.3 Å². The Morgan fingerprint density at radius 2 is 1.87 bits per heavy atom. The van der Waals surface area contributed by atoms with Gasteiger partial charge in [-0.1, -0.05) is 0 Å². The summed E-state index contributed by atoms with van der Waals surface area (Å²) in [7, 11) is 0. The second-order valence-corrected chi connectivity index (χ2v) is 3.63. The van der Waals surface area contributed by atoms with Crippen LogP contribution in [-0.2, 0) is 6.18 Å². The van der Waals surface area contributed by atoms with Crippen molar-refractivity contribution >= 4 is 15.9 Å². The first-order chi connectivity index (χ1) is 6.73. The highest BCUT2D eigenvalue weighted by molar-refractivity contribution is 9.10. The molecule has 0 aliphatic heterocycles. The first-order valence-corrected chi connectivity index (χ1v) is 4.55. The van der Waals surface area contributed by atoms with Crippen molar-refractivity contribution in [2.24, 2.45) is 0 Å². The van der Waals surface area contributed by atoms with Gasteiger partial charge in [0, 0.05) is 0 Å². The molecule has 0 saturated heterocycles. The van der Waals surface area contributed by atoms with E-state index in [1.807, 2.05) is 0 Å². The van der Waals surface area contributed by atoms with Crippen LogP contribution in [0.4, 0.5) is 22.0 Å². The summed E-state index contributed by atoms with van der Waals surface area (Å²) in [6, 6.07) is 1.05. The predicted molar refractivity (Wildman–Crippen MR) is 46.6 cm³/mol. The molecule has 1 aromatic rings. The smallest absolute Gasteiger partial charge is 0.239 e. The van der Waals surface area contributed by atoms with Crippen LogP contribution < -0.4 is 0 Å². The maximum atomic E-state index is 12.4. The number of hydrogen-bond acceptors (Lipinski definition) is 1. The Morgan fingerprint density at radius 3 is 2.27 bits per heavy atom. The number of alkyl halides is 5. The van der Waals surface area contributed by atoms with Gasteiger partial charge in [-0.15, -0.1) is 0 Å². The van der Waals surface area contributed by atoms with Gasteiger partial charge in [-0.25, -0.2) is 13.8 Å². The Hall–Kier alpha value is -0.720. The van der Waals surface area contributed by atoms with Gasteiger partial charge >= 0.3 is 6.18 Å². The zero-order valence-corrected chi connectivity index (χ0v) is 8.96. The lowest BCUT2D eigenvalue weighted by Crippen LogP contribution is -2.13. The molecule has 1 heterocycles. The van der Waals surface area contributed by atoms with Crippen molar-refractivity contribution in [2.75, 3.05) is 0 Å². The molecule has 84 valence electrons. The van der Waals surface area contributed by atoms with Crippen LogP contribution in [0.2, 0.25) is 0 Å². The highest BCUT2D eigenvalue weighted by Gasteiger charge is 2.38. The largest absolute Gasteiger partial charge is 0.418 e. The fourth-order valence-electron chi connectivity index (χ4n) is 1.18. The molecule has 1 aromatic heterocycles. The second kappa shape index (κ2) is 4.03. The van der Waals surface area contributed by atoms with Crippen LogP contribution in [0.3, 0.4) is 0 Å². The first kappa shape index (κ1) is 12.4. The molecule has 1 nitrogen and oxygen atoms in total. The predicted octanol–water partition coefficient (Wildman–Crippen LogP) is 4.11. The van der Waals surface area contributed by atoms with E-state index in [2.05, 4.69) is 20.9 Å². The Labute approximate surface area is 90.4 Å². The van der Waals surface area contributed by atoms with Crippen LogP contribution in [0, 0.1) is 6.92 Å². The summed E-state index contributed by atoms with van der Waals surface area (Å²) in [5, 5.41) is 0. The molecule has 0 amide bonds. The third-order valence-electron chi connectivity index (χ3n) is 1.70. The van der Waals surface area contributed by atoms with E-state index >= 15 is 0 Å². The highest BCUT2D eigenvalue weighted by atomic mass is 79.9. The third-order valence-corrected chi connectivity index (χ3v) is 2.11. The van der Waals surface area contributed by atoms with Gasteiger partial charge in [0.2, 0.25) is 0 Å². The van der Waals surface area contributed by atoms with E-state index in [9.17, 15) is 22.0 Å². The van der Waals surface area contributed by atoms with Crippen LogP contribution in [0.5, 0.6) is 0 Å². The van der Waals surface area contributed by atoms with Crippen LogP contribution in [0.15, 0.2) is 10.7 Å². The molecular formula is C8H5BrF5N. The molecule has 0 saturated carbocycles. The van der Waals surface area contributed by atoms with Gasteiger partial charge in [0.15, 0.2) is 0 Å². The second-order valence-electron chi connectivity index (χ2n) is 2.82. The molecule has 0 N–H and O–H groups in total. The highest BCUT2D eigenvalue weighted by Crippen LogP contribution is 2.38. The topological polar surface area (TPSA) is 12.9 Å². The molecule has 0 aliphatic rings. The quantitative estimate of drug-likeness (QED) is 0.560. The Kier molecular flexibility index (Phi) is 3.32. The van der Waals surface area contributed by atoms with Crippen molar-refractivity contribution in [2.45, 2.75) is 19.5 Å².